The maximum absolute atomic E-state index is 12.2. The summed E-state index contributed by atoms with van der Waals surface area (Å²) in [6.07, 6.45) is 0. The van der Waals surface area contributed by atoms with Crippen LogP contribution in [0, 0.1) is 6.92 Å². The highest BCUT2D eigenvalue weighted by Crippen LogP contribution is 2.25. The van der Waals surface area contributed by atoms with Gasteiger partial charge >= 0.3 is 0 Å². The van der Waals surface area contributed by atoms with E-state index in [0.717, 1.165) is 9.75 Å². The van der Waals surface area contributed by atoms with Crippen LogP contribution < -0.4 is 4.72 Å². The standard InChI is InChI=1S/C12H15NO3S3/c1-8-3-4-12(18-8)9(2)13-19(15,16)11-5-10(6-14)17-7-11/h3-5,7,9,13-14H,6H2,1-2H3. The molecule has 0 radical (unpaired) electrons. The molecule has 0 bridgehead atoms. The maximum atomic E-state index is 12.2. The summed E-state index contributed by atoms with van der Waals surface area (Å²) in [5.41, 5.74) is 0. The number of nitrogens with one attached hydrogen (secondary N) is 1. The first-order valence-electron chi connectivity index (χ1n) is 5.69. The summed E-state index contributed by atoms with van der Waals surface area (Å²) in [6, 6.07) is 5.14. The molecule has 1 atom stereocenters. The summed E-state index contributed by atoms with van der Waals surface area (Å²) < 4.78 is 27.0. The molecule has 2 aromatic rings. The first kappa shape index (κ1) is 14.7. The van der Waals surface area contributed by atoms with Gasteiger partial charge in [-0.3, -0.25) is 0 Å². The van der Waals surface area contributed by atoms with Gasteiger partial charge in [0, 0.05) is 20.0 Å². The van der Waals surface area contributed by atoms with Crippen LogP contribution in [-0.4, -0.2) is 13.5 Å². The smallest absolute Gasteiger partial charge is 0.241 e. The third-order valence-electron chi connectivity index (χ3n) is 2.62. The van der Waals surface area contributed by atoms with Crippen molar-refractivity contribution in [3.8, 4) is 0 Å². The normalized spacial score (nSPS) is 13.6. The monoisotopic (exact) mass is 317 g/mol. The van der Waals surface area contributed by atoms with Gasteiger partial charge in [0.2, 0.25) is 10.0 Å². The maximum Gasteiger partial charge on any atom is 0.241 e. The largest absolute Gasteiger partial charge is 0.391 e. The number of aryl methyl sites for hydroxylation is 1. The predicted octanol–water partition coefficient (Wildman–Crippen LogP) is 2.65. The second kappa shape index (κ2) is 5.72. The summed E-state index contributed by atoms with van der Waals surface area (Å²) in [5.74, 6) is 0. The molecule has 0 amide bonds. The van der Waals surface area contributed by atoms with Crippen LogP contribution in [0.1, 0.15) is 27.6 Å². The van der Waals surface area contributed by atoms with Crippen molar-refractivity contribution in [1.29, 1.82) is 0 Å². The lowest BCUT2D eigenvalue weighted by Crippen LogP contribution is -2.26. The Kier molecular flexibility index (Phi) is 4.42. The summed E-state index contributed by atoms with van der Waals surface area (Å²) in [7, 11) is -3.53. The quantitative estimate of drug-likeness (QED) is 0.891. The number of aliphatic hydroxyl groups excluding tert-OH is 1. The zero-order valence-corrected chi connectivity index (χ0v) is 13.0. The SMILES string of the molecule is Cc1ccc(C(C)NS(=O)(=O)c2csc(CO)c2)s1. The van der Waals surface area contributed by atoms with E-state index in [1.165, 1.54) is 17.4 Å². The molecule has 0 spiro atoms. The molecule has 0 aliphatic rings. The van der Waals surface area contributed by atoms with Gasteiger partial charge in [-0.2, -0.15) is 0 Å². The Labute approximate surface area is 120 Å². The van der Waals surface area contributed by atoms with E-state index in [-0.39, 0.29) is 17.5 Å². The average molecular weight is 317 g/mol. The van der Waals surface area contributed by atoms with Crippen molar-refractivity contribution in [1.82, 2.24) is 4.72 Å². The molecule has 2 N–H and O–H groups in total. The van der Waals surface area contributed by atoms with E-state index < -0.39 is 10.0 Å². The number of sulfonamides is 1. The van der Waals surface area contributed by atoms with E-state index >= 15 is 0 Å². The van der Waals surface area contributed by atoms with Gasteiger partial charge in [0.05, 0.1) is 17.5 Å². The minimum absolute atomic E-state index is 0.139. The van der Waals surface area contributed by atoms with Gasteiger partial charge in [-0.05, 0) is 32.0 Å². The molecule has 4 nitrogen and oxygen atoms in total. The molecule has 0 aliphatic carbocycles. The minimum atomic E-state index is -3.53. The minimum Gasteiger partial charge on any atom is -0.391 e. The molecule has 104 valence electrons. The third kappa shape index (κ3) is 3.43. The molecule has 2 heterocycles. The van der Waals surface area contributed by atoms with Crippen LogP contribution in [0.15, 0.2) is 28.5 Å². The molecular weight excluding hydrogens is 302 g/mol. The fraction of sp³-hybridized carbons (Fsp3) is 0.333. The van der Waals surface area contributed by atoms with E-state index in [9.17, 15) is 8.42 Å². The topological polar surface area (TPSA) is 66.4 Å². The molecule has 0 saturated carbocycles. The van der Waals surface area contributed by atoms with E-state index in [0.29, 0.717) is 4.88 Å². The van der Waals surface area contributed by atoms with Crippen molar-refractivity contribution in [2.24, 2.45) is 0 Å². The Hall–Kier alpha value is -0.730. The van der Waals surface area contributed by atoms with Crippen LogP contribution in [0.5, 0.6) is 0 Å². The molecular formula is C12H15NO3S3. The van der Waals surface area contributed by atoms with Crippen molar-refractivity contribution in [3.63, 3.8) is 0 Å². The number of aliphatic hydroxyl groups is 1. The molecule has 7 heteroatoms. The Morgan fingerprint density at radius 3 is 2.68 bits per heavy atom. The Bertz CT molecular complexity index is 657. The third-order valence-corrected chi connectivity index (χ3v) is 6.39. The molecule has 1 unspecified atom stereocenters. The molecule has 0 fully saturated rings. The fourth-order valence-corrected chi connectivity index (χ4v) is 4.94. The van der Waals surface area contributed by atoms with Crippen molar-refractivity contribution in [2.45, 2.75) is 31.4 Å². The number of rotatable bonds is 5. The van der Waals surface area contributed by atoms with Crippen LogP contribution in [-0.2, 0) is 16.6 Å². The lowest BCUT2D eigenvalue weighted by atomic mass is 10.3. The van der Waals surface area contributed by atoms with Gasteiger partial charge in [0.1, 0.15) is 0 Å². The van der Waals surface area contributed by atoms with Gasteiger partial charge in [-0.25, -0.2) is 13.1 Å². The molecule has 0 saturated heterocycles. The zero-order chi connectivity index (χ0) is 14.0. The zero-order valence-electron chi connectivity index (χ0n) is 10.6. The summed E-state index contributed by atoms with van der Waals surface area (Å²) in [6.45, 7) is 3.67. The van der Waals surface area contributed by atoms with Crippen molar-refractivity contribution in [2.75, 3.05) is 0 Å². The van der Waals surface area contributed by atoms with Gasteiger partial charge in [0.25, 0.3) is 0 Å². The first-order valence-corrected chi connectivity index (χ1v) is 8.87. The lowest BCUT2D eigenvalue weighted by molar-refractivity contribution is 0.285. The van der Waals surface area contributed by atoms with E-state index in [1.807, 2.05) is 26.0 Å². The molecule has 2 rings (SSSR count). The summed E-state index contributed by atoms with van der Waals surface area (Å²) in [4.78, 5) is 2.99. The van der Waals surface area contributed by atoms with Crippen LogP contribution in [0.25, 0.3) is 0 Å². The summed E-state index contributed by atoms with van der Waals surface area (Å²) >= 11 is 2.81. The van der Waals surface area contributed by atoms with Crippen molar-refractivity contribution >= 4 is 32.7 Å². The Morgan fingerprint density at radius 2 is 2.16 bits per heavy atom. The van der Waals surface area contributed by atoms with Crippen LogP contribution in [0.3, 0.4) is 0 Å². The van der Waals surface area contributed by atoms with Gasteiger partial charge in [0.15, 0.2) is 0 Å². The van der Waals surface area contributed by atoms with Crippen LogP contribution in [0.2, 0.25) is 0 Å². The number of thiophene rings is 2. The van der Waals surface area contributed by atoms with Crippen molar-refractivity contribution in [3.05, 3.63) is 38.2 Å². The van der Waals surface area contributed by atoms with Gasteiger partial charge in [-0.15, -0.1) is 22.7 Å². The molecule has 19 heavy (non-hydrogen) atoms. The van der Waals surface area contributed by atoms with Crippen molar-refractivity contribution < 1.29 is 13.5 Å². The van der Waals surface area contributed by atoms with Crippen LogP contribution >= 0.6 is 22.7 Å². The van der Waals surface area contributed by atoms with E-state index in [2.05, 4.69) is 4.72 Å². The highest BCUT2D eigenvalue weighted by atomic mass is 32.2. The lowest BCUT2D eigenvalue weighted by Gasteiger charge is -2.11. The number of hydrogen-bond acceptors (Lipinski definition) is 5. The van der Waals surface area contributed by atoms with Gasteiger partial charge in [-0.1, -0.05) is 0 Å². The van der Waals surface area contributed by atoms with E-state index in [1.54, 1.807) is 16.7 Å². The second-order valence-electron chi connectivity index (χ2n) is 4.20. The summed E-state index contributed by atoms with van der Waals surface area (Å²) in [5, 5.41) is 10.5. The molecule has 0 aliphatic heterocycles. The molecule has 2 aromatic heterocycles. The van der Waals surface area contributed by atoms with Gasteiger partial charge < -0.3 is 5.11 Å². The average Bonchev–Trinajstić information content (AvgIpc) is 2.96. The second-order valence-corrected chi connectivity index (χ2v) is 8.23. The molecule has 0 aromatic carbocycles. The Balaban J connectivity index is 2.17. The van der Waals surface area contributed by atoms with Crippen LogP contribution in [0.4, 0.5) is 0 Å². The first-order chi connectivity index (χ1) is 8.92. The van der Waals surface area contributed by atoms with E-state index in [4.69, 9.17) is 5.11 Å². The highest BCUT2D eigenvalue weighted by Gasteiger charge is 2.20. The fourth-order valence-electron chi connectivity index (χ4n) is 1.63. The highest BCUT2D eigenvalue weighted by molar-refractivity contribution is 7.89. The Morgan fingerprint density at radius 1 is 1.42 bits per heavy atom. The predicted molar refractivity (Wildman–Crippen MR) is 78.0 cm³/mol. The number of hydrogen-bond donors (Lipinski definition) is 2.